The van der Waals surface area contributed by atoms with Gasteiger partial charge in [-0.15, -0.1) is 0 Å². The molecule has 0 spiro atoms. The third kappa shape index (κ3) is 3.42. The Balaban J connectivity index is 1.68. The predicted octanol–water partition coefficient (Wildman–Crippen LogP) is 2.64. The molecule has 2 aliphatic carbocycles. The number of aryl methyl sites for hydroxylation is 1. The SMILES string of the molecule is COC1(CNC(=O)N(CCCO)C2CCc3ccccc32)CCC1. The average Bonchev–Trinajstić information content (AvgIpc) is 2.99. The summed E-state index contributed by atoms with van der Waals surface area (Å²) in [7, 11) is 1.72. The average molecular weight is 332 g/mol. The van der Waals surface area contributed by atoms with E-state index in [0.717, 1.165) is 32.1 Å². The number of nitrogens with one attached hydrogen (secondary N) is 1. The van der Waals surface area contributed by atoms with E-state index in [2.05, 4.69) is 23.5 Å². The lowest BCUT2D eigenvalue weighted by atomic mass is 9.80. The van der Waals surface area contributed by atoms with Gasteiger partial charge in [-0.1, -0.05) is 24.3 Å². The first-order valence-corrected chi connectivity index (χ1v) is 8.97. The topological polar surface area (TPSA) is 61.8 Å². The summed E-state index contributed by atoms with van der Waals surface area (Å²) in [4.78, 5) is 14.7. The second kappa shape index (κ2) is 7.53. The van der Waals surface area contributed by atoms with Gasteiger partial charge in [0.2, 0.25) is 0 Å². The van der Waals surface area contributed by atoms with Gasteiger partial charge in [-0.2, -0.15) is 0 Å². The van der Waals surface area contributed by atoms with E-state index in [4.69, 9.17) is 4.74 Å². The first kappa shape index (κ1) is 17.2. The Morgan fingerprint density at radius 1 is 1.42 bits per heavy atom. The predicted molar refractivity (Wildman–Crippen MR) is 92.9 cm³/mol. The van der Waals surface area contributed by atoms with Crippen LogP contribution < -0.4 is 5.32 Å². The fourth-order valence-electron chi connectivity index (χ4n) is 3.86. The van der Waals surface area contributed by atoms with E-state index < -0.39 is 0 Å². The highest BCUT2D eigenvalue weighted by Gasteiger charge is 2.38. The molecule has 0 bridgehead atoms. The Kier molecular flexibility index (Phi) is 5.41. The molecule has 1 saturated carbocycles. The van der Waals surface area contributed by atoms with E-state index in [9.17, 15) is 9.90 Å². The summed E-state index contributed by atoms with van der Waals surface area (Å²) < 4.78 is 5.59. The lowest BCUT2D eigenvalue weighted by Gasteiger charge is -2.41. The van der Waals surface area contributed by atoms with Gasteiger partial charge < -0.3 is 20.1 Å². The van der Waals surface area contributed by atoms with E-state index in [-0.39, 0.29) is 24.3 Å². The number of urea groups is 1. The van der Waals surface area contributed by atoms with Gasteiger partial charge in [0.15, 0.2) is 0 Å². The molecule has 132 valence electrons. The summed E-state index contributed by atoms with van der Waals surface area (Å²) in [6.07, 6.45) is 5.73. The minimum atomic E-state index is -0.175. The Labute approximate surface area is 144 Å². The molecule has 3 rings (SSSR count). The van der Waals surface area contributed by atoms with Gasteiger partial charge in [0.05, 0.1) is 11.6 Å². The van der Waals surface area contributed by atoms with Gasteiger partial charge in [0.1, 0.15) is 0 Å². The van der Waals surface area contributed by atoms with Crippen LogP contribution in [-0.4, -0.2) is 48.4 Å². The second-order valence-electron chi connectivity index (χ2n) is 6.92. The molecule has 0 saturated heterocycles. The van der Waals surface area contributed by atoms with Crippen molar-refractivity contribution in [2.24, 2.45) is 0 Å². The van der Waals surface area contributed by atoms with Gasteiger partial charge in [0.25, 0.3) is 0 Å². The number of hydrogen-bond acceptors (Lipinski definition) is 3. The molecule has 24 heavy (non-hydrogen) atoms. The van der Waals surface area contributed by atoms with Crippen molar-refractivity contribution in [3.8, 4) is 0 Å². The summed E-state index contributed by atoms with van der Waals surface area (Å²) >= 11 is 0. The zero-order chi connectivity index (χ0) is 17.0. The monoisotopic (exact) mass is 332 g/mol. The molecule has 5 heteroatoms. The van der Waals surface area contributed by atoms with Crippen LogP contribution in [0.25, 0.3) is 0 Å². The molecular weight excluding hydrogens is 304 g/mol. The molecule has 2 amide bonds. The van der Waals surface area contributed by atoms with Crippen molar-refractivity contribution < 1.29 is 14.6 Å². The number of rotatable bonds is 7. The zero-order valence-electron chi connectivity index (χ0n) is 14.5. The molecule has 1 aromatic rings. The third-order valence-corrected chi connectivity index (χ3v) is 5.56. The van der Waals surface area contributed by atoms with Crippen LogP contribution in [0.1, 0.15) is 49.3 Å². The minimum Gasteiger partial charge on any atom is -0.396 e. The number of aliphatic hydroxyl groups excluding tert-OH is 1. The fraction of sp³-hybridized carbons (Fsp3) is 0.632. The smallest absolute Gasteiger partial charge is 0.318 e. The molecule has 1 aromatic carbocycles. The van der Waals surface area contributed by atoms with Crippen molar-refractivity contribution >= 4 is 6.03 Å². The molecule has 1 fully saturated rings. The van der Waals surface area contributed by atoms with Crippen molar-refractivity contribution in [2.45, 2.75) is 50.2 Å². The van der Waals surface area contributed by atoms with E-state index in [0.29, 0.717) is 19.5 Å². The summed E-state index contributed by atoms with van der Waals surface area (Å²) in [5.41, 5.74) is 2.40. The Hall–Kier alpha value is -1.59. The van der Waals surface area contributed by atoms with E-state index >= 15 is 0 Å². The molecule has 0 aromatic heterocycles. The highest BCUT2D eigenvalue weighted by Crippen LogP contribution is 2.36. The summed E-state index contributed by atoms with van der Waals surface area (Å²) in [5.74, 6) is 0. The van der Waals surface area contributed by atoms with E-state index in [1.54, 1.807) is 7.11 Å². The number of ether oxygens (including phenoxy) is 1. The van der Waals surface area contributed by atoms with Crippen molar-refractivity contribution in [3.63, 3.8) is 0 Å². The maximum atomic E-state index is 12.8. The molecule has 0 aliphatic heterocycles. The maximum absolute atomic E-state index is 12.8. The number of aliphatic hydroxyl groups is 1. The van der Waals surface area contributed by atoms with Crippen LogP contribution in [0, 0.1) is 0 Å². The standard InChI is InChI=1S/C19H28N2O3/c1-24-19(10-4-11-19)14-20-18(23)21(12-5-13-22)17-9-8-15-6-2-3-7-16(15)17/h2-3,6-7,17,22H,4-5,8-14H2,1H3,(H,20,23). The lowest BCUT2D eigenvalue weighted by molar-refractivity contribution is -0.0680. The molecule has 0 radical (unpaired) electrons. The molecule has 1 atom stereocenters. The van der Waals surface area contributed by atoms with Crippen LogP contribution >= 0.6 is 0 Å². The molecule has 2 aliphatic rings. The van der Waals surface area contributed by atoms with Crippen LogP contribution in [0.4, 0.5) is 4.79 Å². The molecule has 1 unspecified atom stereocenters. The van der Waals surface area contributed by atoms with E-state index in [1.165, 1.54) is 11.1 Å². The van der Waals surface area contributed by atoms with Crippen LogP contribution in [0.3, 0.4) is 0 Å². The van der Waals surface area contributed by atoms with Crippen molar-refractivity contribution in [1.29, 1.82) is 0 Å². The zero-order valence-corrected chi connectivity index (χ0v) is 14.5. The van der Waals surface area contributed by atoms with Gasteiger partial charge in [-0.25, -0.2) is 4.79 Å². The van der Waals surface area contributed by atoms with Crippen LogP contribution in [0.15, 0.2) is 24.3 Å². The van der Waals surface area contributed by atoms with Crippen LogP contribution in [0.2, 0.25) is 0 Å². The van der Waals surface area contributed by atoms with Crippen molar-refractivity contribution in [1.82, 2.24) is 10.2 Å². The van der Waals surface area contributed by atoms with Crippen LogP contribution in [-0.2, 0) is 11.2 Å². The van der Waals surface area contributed by atoms with Crippen LogP contribution in [0.5, 0.6) is 0 Å². The molecule has 2 N–H and O–H groups in total. The lowest BCUT2D eigenvalue weighted by Crippen LogP contribution is -2.52. The second-order valence-corrected chi connectivity index (χ2v) is 6.92. The highest BCUT2D eigenvalue weighted by molar-refractivity contribution is 5.75. The quantitative estimate of drug-likeness (QED) is 0.807. The number of hydrogen-bond donors (Lipinski definition) is 2. The first-order valence-electron chi connectivity index (χ1n) is 8.97. The Morgan fingerprint density at radius 2 is 2.21 bits per heavy atom. The van der Waals surface area contributed by atoms with Crippen molar-refractivity contribution in [2.75, 3.05) is 26.8 Å². The number of amides is 2. The van der Waals surface area contributed by atoms with Gasteiger partial charge in [0, 0.05) is 26.8 Å². The summed E-state index contributed by atoms with van der Waals surface area (Å²) in [5, 5.41) is 12.3. The largest absolute Gasteiger partial charge is 0.396 e. The molecule has 0 heterocycles. The fourth-order valence-corrected chi connectivity index (χ4v) is 3.86. The summed E-state index contributed by atoms with van der Waals surface area (Å²) in [6, 6.07) is 8.41. The number of carbonyl (C=O) groups is 1. The number of fused-ring (bicyclic) bond motifs is 1. The number of nitrogens with zero attached hydrogens (tertiary/aromatic N) is 1. The maximum Gasteiger partial charge on any atom is 0.318 e. The number of benzene rings is 1. The minimum absolute atomic E-state index is 0.0477. The highest BCUT2D eigenvalue weighted by atomic mass is 16.5. The number of methoxy groups -OCH3 is 1. The van der Waals surface area contributed by atoms with E-state index in [1.807, 2.05) is 11.0 Å². The molecule has 5 nitrogen and oxygen atoms in total. The van der Waals surface area contributed by atoms with Crippen molar-refractivity contribution in [3.05, 3.63) is 35.4 Å². The van der Waals surface area contributed by atoms with Gasteiger partial charge >= 0.3 is 6.03 Å². The summed E-state index contributed by atoms with van der Waals surface area (Å²) in [6.45, 7) is 1.23. The third-order valence-electron chi connectivity index (χ3n) is 5.56. The van der Waals surface area contributed by atoms with Gasteiger partial charge in [-0.3, -0.25) is 0 Å². The Morgan fingerprint density at radius 3 is 2.88 bits per heavy atom. The Bertz CT molecular complexity index is 566. The number of carbonyl (C=O) groups excluding carboxylic acids is 1. The van der Waals surface area contributed by atoms with Gasteiger partial charge in [-0.05, 0) is 49.7 Å². The normalized spacial score (nSPS) is 21.0. The molecular formula is C19H28N2O3. The first-order chi connectivity index (χ1) is 11.7.